The molecule has 30 heavy (non-hydrogen) atoms. The van der Waals surface area contributed by atoms with Gasteiger partial charge in [0.05, 0.1) is 12.3 Å². The molecule has 0 saturated heterocycles. The Hall–Kier alpha value is -3.33. The summed E-state index contributed by atoms with van der Waals surface area (Å²) in [5, 5.41) is 15.2. The van der Waals surface area contributed by atoms with Crippen molar-refractivity contribution in [3.63, 3.8) is 0 Å². The molecule has 0 spiro atoms. The molecule has 0 bridgehead atoms. The Morgan fingerprint density at radius 1 is 1.00 bits per heavy atom. The van der Waals surface area contributed by atoms with Crippen LogP contribution >= 0.6 is 0 Å². The molecule has 3 rings (SSSR count). The van der Waals surface area contributed by atoms with E-state index in [2.05, 4.69) is 25.3 Å². The lowest BCUT2D eigenvalue weighted by atomic mass is 10.1. The second-order valence-corrected chi connectivity index (χ2v) is 6.47. The average Bonchev–Trinajstić information content (AvgIpc) is 2.70. The zero-order valence-electron chi connectivity index (χ0n) is 16.2. The molecule has 0 aliphatic carbocycles. The van der Waals surface area contributed by atoms with Gasteiger partial charge >= 0.3 is 6.36 Å². The van der Waals surface area contributed by atoms with E-state index in [1.54, 1.807) is 12.1 Å². The van der Waals surface area contributed by atoms with Crippen molar-refractivity contribution >= 4 is 11.8 Å². The van der Waals surface area contributed by atoms with Crippen molar-refractivity contribution in [2.24, 2.45) is 0 Å². The van der Waals surface area contributed by atoms with Gasteiger partial charge in [-0.15, -0.1) is 13.2 Å². The Bertz CT molecular complexity index is 996. The number of aliphatic hydroxyl groups excluding tert-OH is 1. The van der Waals surface area contributed by atoms with Crippen molar-refractivity contribution in [3.05, 3.63) is 65.7 Å². The summed E-state index contributed by atoms with van der Waals surface area (Å²) in [6, 6.07) is 15.1. The average molecular weight is 418 g/mol. The largest absolute Gasteiger partial charge is 0.573 e. The molecule has 0 amide bonds. The van der Waals surface area contributed by atoms with E-state index in [0.717, 1.165) is 11.1 Å². The number of nitrogens with zero attached hydrogens (tertiary/aromatic N) is 2. The topological polar surface area (TPSA) is 79.3 Å². The van der Waals surface area contributed by atoms with Gasteiger partial charge < -0.3 is 20.5 Å². The normalized spacial score (nSPS) is 11.2. The van der Waals surface area contributed by atoms with E-state index in [1.807, 2.05) is 31.2 Å². The van der Waals surface area contributed by atoms with Crippen LogP contribution in [-0.4, -0.2) is 34.6 Å². The summed E-state index contributed by atoms with van der Waals surface area (Å²) in [4.78, 5) is 8.71. The Labute approximate surface area is 171 Å². The summed E-state index contributed by atoms with van der Waals surface area (Å²) in [5.74, 6) is 0.403. The number of halogens is 3. The second kappa shape index (κ2) is 9.45. The van der Waals surface area contributed by atoms with Gasteiger partial charge in [-0.1, -0.05) is 36.4 Å². The van der Waals surface area contributed by atoms with Crippen LogP contribution in [0.1, 0.15) is 11.1 Å². The maximum atomic E-state index is 12.5. The minimum atomic E-state index is -4.78. The van der Waals surface area contributed by atoms with Gasteiger partial charge in [-0.05, 0) is 30.2 Å². The van der Waals surface area contributed by atoms with Crippen molar-refractivity contribution in [1.82, 2.24) is 9.97 Å². The molecule has 158 valence electrons. The molecule has 1 heterocycles. The highest BCUT2D eigenvalue weighted by atomic mass is 19.4. The van der Waals surface area contributed by atoms with Crippen LogP contribution in [0.3, 0.4) is 0 Å². The molecule has 0 saturated carbocycles. The number of hydrogen-bond donors (Lipinski definition) is 3. The highest BCUT2D eigenvalue weighted by Gasteiger charge is 2.31. The van der Waals surface area contributed by atoms with Crippen LogP contribution in [0.25, 0.3) is 11.3 Å². The van der Waals surface area contributed by atoms with Gasteiger partial charge in [0, 0.05) is 24.7 Å². The quantitative estimate of drug-likeness (QED) is 0.504. The zero-order valence-corrected chi connectivity index (χ0v) is 16.2. The molecule has 6 nitrogen and oxygen atoms in total. The van der Waals surface area contributed by atoms with E-state index < -0.39 is 6.36 Å². The number of aliphatic hydroxyl groups is 1. The van der Waals surface area contributed by atoms with Gasteiger partial charge in [0.25, 0.3) is 0 Å². The van der Waals surface area contributed by atoms with E-state index in [-0.39, 0.29) is 24.8 Å². The first-order chi connectivity index (χ1) is 14.3. The lowest BCUT2D eigenvalue weighted by Gasteiger charge is -2.13. The van der Waals surface area contributed by atoms with Gasteiger partial charge in [0.2, 0.25) is 5.95 Å². The Morgan fingerprint density at radius 2 is 1.80 bits per heavy atom. The molecule has 0 aliphatic heterocycles. The number of anilines is 2. The van der Waals surface area contributed by atoms with E-state index in [0.29, 0.717) is 23.6 Å². The van der Waals surface area contributed by atoms with Gasteiger partial charge in [0.1, 0.15) is 11.6 Å². The summed E-state index contributed by atoms with van der Waals surface area (Å²) < 4.78 is 41.6. The van der Waals surface area contributed by atoms with Crippen LogP contribution in [0.2, 0.25) is 0 Å². The number of aryl methyl sites for hydroxylation is 1. The highest BCUT2D eigenvalue weighted by molar-refractivity contribution is 5.66. The van der Waals surface area contributed by atoms with E-state index >= 15 is 0 Å². The summed E-state index contributed by atoms with van der Waals surface area (Å²) >= 11 is 0. The molecular weight excluding hydrogens is 397 g/mol. The summed E-state index contributed by atoms with van der Waals surface area (Å²) in [5.41, 5.74) is 3.05. The molecule has 2 aromatic carbocycles. The fourth-order valence-corrected chi connectivity index (χ4v) is 2.78. The van der Waals surface area contributed by atoms with Gasteiger partial charge in [-0.2, -0.15) is 4.98 Å². The molecule has 1 aromatic heterocycles. The molecule has 0 unspecified atom stereocenters. The van der Waals surface area contributed by atoms with Crippen LogP contribution < -0.4 is 15.4 Å². The van der Waals surface area contributed by atoms with Crippen molar-refractivity contribution in [2.75, 3.05) is 23.8 Å². The van der Waals surface area contributed by atoms with E-state index in [9.17, 15) is 13.2 Å². The molecular formula is C21H21F3N4O2. The first kappa shape index (κ1) is 21.4. The first-order valence-corrected chi connectivity index (χ1v) is 9.22. The number of hydrogen-bond acceptors (Lipinski definition) is 6. The third-order valence-electron chi connectivity index (χ3n) is 4.21. The van der Waals surface area contributed by atoms with Crippen LogP contribution in [0.15, 0.2) is 54.6 Å². The fraction of sp³-hybridized carbons (Fsp3) is 0.238. The lowest BCUT2D eigenvalue weighted by Crippen LogP contribution is -2.17. The third kappa shape index (κ3) is 6.08. The maximum Gasteiger partial charge on any atom is 0.573 e. The van der Waals surface area contributed by atoms with Crippen LogP contribution in [0.4, 0.5) is 24.9 Å². The molecule has 0 aliphatic rings. The van der Waals surface area contributed by atoms with Gasteiger partial charge in [-0.25, -0.2) is 4.98 Å². The van der Waals surface area contributed by atoms with Crippen molar-refractivity contribution < 1.29 is 23.0 Å². The van der Waals surface area contributed by atoms with Crippen molar-refractivity contribution in [2.45, 2.75) is 19.8 Å². The Kier molecular flexibility index (Phi) is 6.73. The van der Waals surface area contributed by atoms with Crippen LogP contribution in [0.5, 0.6) is 5.75 Å². The predicted molar refractivity (Wildman–Crippen MR) is 108 cm³/mol. The SMILES string of the molecule is Cc1ccccc1CNc1cc(-c2cccc(OC(F)(F)F)c2)nc(NCCO)n1. The van der Waals surface area contributed by atoms with Crippen LogP contribution in [0, 0.1) is 6.92 Å². The Balaban J connectivity index is 1.89. The zero-order chi connectivity index (χ0) is 21.6. The standard InChI is InChI=1S/C21H21F3N4O2/c1-14-5-2-3-6-16(14)13-26-19-12-18(27-20(28-19)25-9-10-29)15-7-4-8-17(11-15)30-21(22,23)24/h2-8,11-12,29H,9-10,13H2,1H3,(H2,25,26,27,28). The van der Waals surface area contributed by atoms with E-state index in [4.69, 9.17) is 5.11 Å². The predicted octanol–water partition coefficient (Wildman–Crippen LogP) is 4.37. The minimum Gasteiger partial charge on any atom is -0.406 e. The number of ether oxygens (including phenoxy) is 1. The lowest BCUT2D eigenvalue weighted by molar-refractivity contribution is -0.274. The van der Waals surface area contributed by atoms with Crippen molar-refractivity contribution in [3.8, 4) is 17.0 Å². The number of aromatic nitrogens is 2. The van der Waals surface area contributed by atoms with Gasteiger partial charge in [-0.3, -0.25) is 0 Å². The number of rotatable bonds is 8. The molecule has 0 radical (unpaired) electrons. The molecule has 3 aromatic rings. The minimum absolute atomic E-state index is 0.117. The van der Waals surface area contributed by atoms with Gasteiger partial charge in [0.15, 0.2) is 0 Å². The van der Waals surface area contributed by atoms with Crippen molar-refractivity contribution in [1.29, 1.82) is 0 Å². The highest BCUT2D eigenvalue weighted by Crippen LogP contribution is 2.28. The molecule has 0 fully saturated rings. The van der Waals surface area contributed by atoms with Crippen LogP contribution in [-0.2, 0) is 6.54 Å². The monoisotopic (exact) mass is 418 g/mol. The maximum absolute atomic E-state index is 12.5. The smallest absolute Gasteiger partial charge is 0.406 e. The van der Waals surface area contributed by atoms with E-state index in [1.165, 1.54) is 18.2 Å². The fourth-order valence-electron chi connectivity index (χ4n) is 2.78. The Morgan fingerprint density at radius 3 is 2.53 bits per heavy atom. The number of nitrogens with one attached hydrogen (secondary N) is 2. The molecule has 0 atom stereocenters. The molecule has 3 N–H and O–H groups in total. The summed E-state index contributed by atoms with van der Waals surface area (Å²) in [7, 11) is 0. The second-order valence-electron chi connectivity index (χ2n) is 6.47. The molecule has 9 heteroatoms. The summed E-state index contributed by atoms with van der Waals surface area (Å²) in [6.45, 7) is 2.63. The third-order valence-corrected chi connectivity index (χ3v) is 4.21. The number of benzene rings is 2. The first-order valence-electron chi connectivity index (χ1n) is 9.22. The number of alkyl halides is 3. The summed E-state index contributed by atoms with van der Waals surface area (Å²) in [6.07, 6.45) is -4.78.